The Morgan fingerprint density at radius 3 is 2.57 bits per heavy atom. The van der Waals surface area contributed by atoms with E-state index in [1.165, 1.54) is 25.5 Å². The molecule has 11 heteroatoms. The molecule has 37 heavy (non-hydrogen) atoms. The van der Waals surface area contributed by atoms with Crippen molar-refractivity contribution >= 4 is 45.7 Å². The molecule has 0 aliphatic carbocycles. The van der Waals surface area contributed by atoms with Gasteiger partial charge in [-0.3, -0.25) is 4.79 Å². The molecule has 0 saturated heterocycles. The van der Waals surface area contributed by atoms with Crippen molar-refractivity contribution in [3.63, 3.8) is 0 Å². The number of alkyl halides is 3. The molecule has 4 rings (SSSR count). The minimum Gasteiger partial charge on any atom is -0.478 e. The van der Waals surface area contributed by atoms with Gasteiger partial charge in [0.1, 0.15) is 5.75 Å². The van der Waals surface area contributed by atoms with E-state index in [9.17, 15) is 22.8 Å². The van der Waals surface area contributed by atoms with Gasteiger partial charge >= 0.3 is 12.1 Å². The Balaban J connectivity index is 1.77. The standard InChI is InChI=1S/C26H19F3IN3O4/c1-15(25(35)36-2)37-22-11-10-16(12-20(22)30)14-31-33-23(17-6-5-7-18(13-17)26(27,28)29)32-21-9-4-3-8-19(21)24(33)34/h3-15H,1-2H3/t15-/m1/s1. The van der Waals surface area contributed by atoms with Crippen LogP contribution in [0.15, 0.2) is 76.6 Å². The van der Waals surface area contributed by atoms with E-state index in [4.69, 9.17) is 4.74 Å². The van der Waals surface area contributed by atoms with Gasteiger partial charge in [0.15, 0.2) is 11.9 Å². The van der Waals surface area contributed by atoms with Gasteiger partial charge < -0.3 is 9.47 Å². The summed E-state index contributed by atoms with van der Waals surface area (Å²) in [5, 5.41) is 4.55. The fourth-order valence-electron chi connectivity index (χ4n) is 3.47. The maximum atomic E-state index is 13.3. The van der Waals surface area contributed by atoms with Gasteiger partial charge in [0.25, 0.3) is 5.56 Å². The highest BCUT2D eigenvalue weighted by Gasteiger charge is 2.31. The van der Waals surface area contributed by atoms with Gasteiger partial charge in [-0.15, -0.1) is 0 Å². The first-order valence-corrected chi connectivity index (χ1v) is 11.9. The van der Waals surface area contributed by atoms with Gasteiger partial charge in [0, 0.05) is 5.56 Å². The number of aromatic nitrogens is 2. The summed E-state index contributed by atoms with van der Waals surface area (Å²) in [7, 11) is 1.27. The molecular weight excluding hydrogens is 602 g/mol. The molecule has 0 unspecified atom stereocenters. The minimum atomic E-state index is -4.56. The first kappa shape index (κ1) is 26.3. The second-order valence-corrected chi connectivity index (χ2v) is 9.03. The predicted octanol–water partition coefficient (Wildman–Crippen LogP) is 5.51. The highest BCUT2D eigenvalue weighted by molar-refractivity contribution is 14.1. The molecule has 0 N–H and O–H groups in total. The summed E-state index contributed by atoms with van der Waals surface area (Å²) in [6.45, 7) is 1.56. The van der Waals surface area contributed by atoms with Crippen LogP contribution in [-0.4, -0.2) is 35.1 Å². The van der Waals surface area contributed by atoms with Crippen molar-refractivity contribution in [3.05, 3.63) is 91.8 Å². The Labute approximate surface area is 222 Å². The number of ether oxygens (including phenoxy) is 2. The lowest BCUT2D eigenvalue weighted by molar-refractivity contribution is -0.148. The number of benzene rings is 3. The number of halogens is 4. The quantitative estimate of drug-likeness (QED) is 0.161. The maximum absolute atomic E-state index is 13.3. The Morgan fingerprint density at radius 2 is 1.86 bits per heavy atom. The number of carbonyl (C=O) groups is 1. The molecule has 0 fully saturated rings. The molecule has 0 saturated carbocycles. The van der Waals surface area contributed by atoms with Crippen LogP contribution >= 0.6 is 22.6 Å². The van der Waals surface area contributed by atoms with Crippen LogP contribution in [0.1, 0.15) is 18.1 Å². The third kappa shape index (κ3) is 5.82. The van der Waals surface area contributed by atoms with Crippen LogP contribution in [-0.2, 0) is 15.7 Å². The Morgan fingerprint density at radius 1 is 1.11 bits per heavy atom. The van der Waals surface area contributed by atoms with E-state index < -0.39 is 29.4 Å². The van der Waals surface area contributed by atoms with E-state index >= 15 is 0 Å². The van der Waals surface area contributed by atoms with Crippen molar-refractivity contribution in [2.45, 2.75) is 19.2 Å². The van der Waals surface area contributed by atoms with Crippen molar-refractivity contribution in [2.24, 2.45) is 5.10 Å². The number of nitrogens with zero attached hydrogens (tertiary/aromatic N) is 3. The summed E-state index contributed by atoms with van der Waals surface area (Å²) >= 11 is 2.03. The second-order valence-electron chi connectivity index (χ2n) is 7.87. The third-order valence-corrected chi connectivity index (χ3v) is 6.16. The molecule has 0 aliphatic rings. The van der Waals surface area contributed by atoms with Gasteiger partial charge in [-0.05, 0) is 77.5 Å². The molecule has 0 bridgehead atoms. The second kappa shape index (κ2) is 10.7. The SMILES string of the molecule is COC(=O)[C@@H](C)Oc1ccc(C=Nn2c(-c3cccc(C(F)(F)F)c3)nc3ccccc3c2=O)cc1I. The summed E-state index contributed by atoms with van der Waals surface area (Å²) in [6, 6.07) is 16.1. The fourth-order valence-corrected chi connectivity index (χ4v) is 4.14. The van der Waals surface area contributed by atoms with Crippen molar-refractivity contribution in [1.29, 1.82) is 0 Å². The molecule has 7 nitrogen and oxygen atoms in total. The van der Waals surface area contributed by atoms with Crippen LogP contribution in [0.4, 0.5) is 13.2 Å². The molecular formula is C26H19F3IN3O4. The Bertz CT molecular complexity index is 1570. The molecule has 1 heterocycles. The molecule has 3 aromatic carbocycles. The van der Waals surface area contributed by atoms with Crippen molar-refractivity contribution in [3.8, 4) is 17.1 Å². The third-order valence-electron chi connectivity index (χ3n) is 5.32. The normalized spacial score (nSPS) is 12.6. The monoisotopic (exact) mass is 621 g/mol. The summed E-state index contributed by atoms with van der Waals surface area (Å²) in [6.07, 6.45) is -3.98. The van der Waals surface area contributed by atoms with Gasteiger partial charge in [-0.1, -0.05) is 24.3 Å². The van der Waals surface area contributed by atoms with Crippen LogP contribution in [0.25, 0.3) is 22.3 Å². The first-order chi connectivity index (χ1) is 17.6. The molecule has 4 aromatic rings. The van der Waals surface area contributed by atoms with Crippen LogP contribution in [0.3, 0.4) is 0 Å². The van der Waals surface area contributed by atoms with Gasteiger partial charge in [-0.25, -0.2) is 9.78 Å². The number of hydrogen-bond donors (Lipinski definition) is 0. The van der Waals surface area contributed by atoms with Crippen molar-refractivity contribution < 1.29 is 27.4 Å². The fraction of sp³-hybridized carbons (Fsp3) is 0.154. The van der Waals surface area contributed by atoms with Crippen LogP contribution < -0.4 is 10.3 Å². The van der Waals surface area contributed by atoms with Crippen molar-refractivity contribution in [1.82, 2.24) is 9.66 Å². The summed E-state index contributed by atoms with van der Waals surface area (Å²) in [4.78, 5) is 29.4. The average Bonchev–Trinajstić information content (AvgIpc) is 2.88. The summed E-state index contributed by atoms with van der Waals surface area (Å²) < 4.78 is 52.0. The summed E-state index contributed by atoms with van der Waals surface area (Å²) in [5.41, 5.74) is -0.394. The zero-order valence-corrected chi connectivity index (χ0v) is 21.6. The molecule has 1 aromatic heterocycles. The lowest BCUT2D eigenvalue weighted by Gasteiger charge is -2.14. The number of carbonyl (C=O) groups excluding carboxylic acids is 1. The van der Waals surface area contributed by atoms with Crippen molar-refractivity contribution in [2.75, 3.05) is 7.11 Å². The van der Waals surface area contributed by atoms with E-state index in [2.05, 4.69) is 14.8 Å². The molecule has 1 atom stereocenters. The average molecular weight is 621 g/mol. The maximum Gasteiger partial charge on any atom is 0.416 e. The summed E-state index contributed by atoms with van der Waals surface area (Å²) in [5.74, 6) is -0.107. The highest BCUT2D eigenvalue weighted by Crippen LogP contribution is 2.32. The number of fused-ring (bicyclic) bond motifs is 1. The number of hydrogen-bond acceptors (Lipinski definition) is 6. The van der Waals surface area contributed by atoms with Gasteiger partial charge in [-0.2, -0.15) is 22.9 Å². The molecule has 0 amide bonds. The van der Waals surface area contributed by atoms with Gasteiger partial charge in [0.05, 0.1) is 33.4 Å². The smallest absolute Gasteiger partial charge is 0.416 e. The lowest BCUT2D eigenvalue weighted by atomic mass is 10.1. The topological polar surface area (TPSA) is 82.8 Å². The zero-order chi connectivity index (χ0) is 26.7. The Hall–Kier alpha value is -3.74. The number of methoxy groups -OCH3 is 1. The van der Waals surface area contributed by atoms with E-state index in [0.717, 1.165) is 16.8 Å². The Kier molecular flexibility index (Phi) is 7.62. The number of esters is 1. The molecule has 0 radical (unpaired) electrons. The van der Waals surface area contributed by atoms with Crippen LogP contribution in [0, 0.1) is 3.57 Å². The van der Waals surface area contributed by atoms with Gasteiger partial charge in [0.2, 0.25) is 0 Å². The lowest BCUT2D eigenvalue weighted by Crippen LogP contribution is -2.25. The first-order valence-electron chi connectivity index (χ1n) is 10.9. The van der Waals surface area contributed by atoms with Crippen LogP contribution in [0.5, 0.6) is 5.75 Å². The van der Waals surface area contributed by atoms with E-state index in [1.807, 2.05) is 22.6 Å². The van der Waals surface area contributed by atoms with E-state index in [-0.39, 0.29) is 16.8 Å². The molecule has 0 spiro atoms. The molecule has 190 valence electrons. The van der Waals surface area contributed by atoms with Crippen LogP contribution in [0.2, 0.25) is 0 Å². The zero-order valence-electron chi connectivity index (χ0n) is 19.5. The minimum absolute atomic E-state index is 0.0346. The number of para-hydroxylation sites is 1. The van der Waals surface area contributed by atoms with E-state index in [1.54, 1.807) is 49.4 Å². The van der Waals surface area contributed by atoms with E-state index in [0.29, 0.717) is 20.4 Å². The largest absolute Gasteiger partial charge is 0.478 e. The highest BCUT2D eigenvalue weighted by atomic mass is 127. The molecule has 0 aliphatic heterocycles. The predicted molar refractivity (Wildman–Crippen MR) is 141 cm³/mol. The number of rotatable bonds is 6.